The molecule has 31 heavy (non-hydrogen) atoms. The Morgan fingerprint density at radius 1 is 1.06 bits per heavy atom. The lowest BCUT2D eigenvalue weighted by atomic mass is 10.1. The van der Waals surface area contributed by atoms with Crippen LogP contribution in [0.5, 0.6) is 11.8 Å². The van der Waals surface area contributed by atoms with Crippen LogP contribution < -0.4 is 15.5 Å². The normalized spacial score (nSPS) is 10.9. The van der Waals surface area contributed by atoms with Crippen molar-refractivity contribution in [3.8, 4) is 11.8 Å². The Labute approximate surface area is 179 Å². The molecule has 0 spiro atoms. The van der Waals surface area contributed by atoms with Gasteiger partial charge in [0.2, 0.25) is 11.8 Å². The smallest absolute Gasteiger partial charge is 0.436 e. The summed E-state index contributed by atoms with van der Waals surface area (Å²) < 4.78 is 0.584. The fraction of sp³-hybridized carbons (Fsp3) is 0.286. The Hall–Kier alpha value is -3.79. The average molecular weight is 427 g/mol. The van der Waals surface area contributed by atoms with Gasteiger partial charge in [0.25, 0.3) is 5.91 Å². The molecule has 4 N–H and O–H groups in total. The van der Waals surface area contributed by atoms with Crippen LogP contribution in [0.4, 0.5) is 10.5 Å². The van der Waals surface area contributed by atoms with E-state index in [0.29, 0.717) is 22.3 Å². The number of carbonyl (C=O) groups is 2. The van der Waals surface area contributed by atoms with Crippen molar-refractivity contribution >= 4 is 28.5 Å². The Morgan fingerprint density at radius 3 is 2.45 bits per heavy atom. The van der Waals surface area contributed by atoms with E-state index in [2.05, 4.69) is 34.4 Å². The molecule has 0 bridgehead atoms. The Morgan fingerprint density at radius 2 is 1.77 bits per heavy atom. The number of carbonyl (C=O) groups excluding carboxylic acids is 2. The number of anilines is 1. The molecule has 0 aliphatic rings. The van der Waals surface area contributed by atoms with Crippen LogP contribution in [0.15, 0.2) is 42.6 Å². The van der Waals surface area contributed by atoms with Gasteiger partial charge in [-0.05, 0) is 36.7 Å². The van der Waals surface area contributed by atoms with Gasteiger partial charge in [0.15, 0.2) is 0 Å². The first-order chi connectivity index (χ1) is 14.9. The van der Waals surface area contributed by atoms with Crippen molar-refractivity contribution in [3.63, 3.8) is 0 Å². The standard InChI is InChI=1S/C21H25N5O5/c1-3-25(4-2)10-9-22-20(29)17-12-15-11-16(6-5-14(15)13-23-17)24-21(30)31-26-18(27)7-8-19(26)28/h5-8,11-13,27-28H,3-4,9-10H2,1-2H3,(H,22,29)(H,24,30). The molecule has 0 unspecified atom stereocenters. The molecule has 10 heteroatoms. The topological polar surface area (TPSA) is 129 Å². The molecule has 2 aromatic heterocycles. The van der Waals surface area contributed by atoms with Crippen LogP contribution in [0.1, 0.15) is 24.3 Å². The SMILES string of the molecule is CCN(CC)CCNC(=O)c1cc2cc(NC(=O)On3c(O)ccc3O)ccc2cn1. The van der Waals surface area contributed by atoms with Gasteiger partial charge in [-0.1, -0.05) is 19.9 Å². The van der Waals surface area contributed by atoms with Crippen LogP contribution >= 0.6 is 0 Å². The van der Waals surface area contributed by atoms with Crippen LogP contribution in [0, 0.1) is 0 Å². The number of nitrogens with zero attached hydrogens (tertiary/aromatic N) is 3. The van der Waals surface area contributed by atoms with Crippen molar-refractivity contribution < 1.29 is 24.6 Å². The summed E-state index contributed by atoms with van der Waals surface area (Å²) in [4.78, 5) is 35.8. The van der Waals surface area contributed by atoms with Crippen LogP contribution in [0.2, 0.25) is 0 Å². The second kappa shape index (κ2) is 9.81. The average Bonchev–Trinajstić information content (AvgIpc) is 3.08. The molecule has 0 atom stereocenters. The molecule has 1 aromatic carbocycles. The monoisotopic (exact) mass is 427 g/mol. The number of fused-ring (bicyclic) bond motifs is 1. The zero-order chi connectivity index (χ0) is 22.4. The molecule has 0 fully saturated rings. The van der Waals surface area contributed by atoms with E-state index in [0.717, 1.165) is 25.0 Å². The Balaban J connectivity index is 1.67. The quantitative estimate of drug-likeness (QED) is 0.434. The van der Waals surface area contributed by atoms with Crippen molar-refractivity contribution in [1.82, 2.24) is 19.9 Å². The van der Waals surface area contributed by atoms with Gasteiger partial charge >= 0.3 is 6.09 Å². The third-order valence-corrected chi connectivity index (χ3v) is 4.78. The van der Waals surface area contributed by atoms with E-state index < -0.39 is 17.9 Å². The van der Waals surface area contributed by atoms with Gasteiger partial charge in [-0.25, -0.2) is 4.79 Å². The highest BCUT2D eigenvalue weighted by Gasteiger charge is 2.13. The van der Waals surface area contributed by atoms with Crippen LogP contribution in [0.25, 0.3) is 10.8 Å². The summed E-state index contributed by atoms with van der Waals surface area (Å²) in [5.74, 6) is -1.12. The first kappa shape index (κ1) is 21.9. The van der Waals surface area contributed by atoms with E-state index in [-0.39, 0.29) is 11.6 Å². The highest BCUT2D eigenvalue weighted by molar-refractivity contribution is 5.97. The minimum absolute atomic E-state index is 0.272. The van der Waals surface area contributed by atoms with Crippen LogP contribution in [-0.2, 0) is 0 Å². The number of rotatable bonds is 8. The number of aromatic hydroxyl groups is 2. The van der Waals surface area contributed by atoms with Gasteiger partial charge in [0.1, 0.15) is 5.69 Å². The van der Waals surface area contributed by atoms with Crippen molar-refractivity contribution in [3.05, 3.63) is 48.3 Å². The first-order valence-corrected chi connectivity index (χ1v) is 9.90. The van der Waals surface area contributed by atoms with Crippen LogP contribution in [-0.4, -0.2) is 63.0 Å². The zero-order valence-electron chi connectivity index (χ0n) is 17.3. The van der Waals surface area contributed by atoms with Gasteiger partial charge < -0.3 is 25.3 Å². The molecule has 10 nitrogen and oxygen atoms in total. The Kier molecular flexibility index (Phi) is 6.93. The summed E-state index contributed by atoms with van der Waals surface area (Å²) in [5.41, 5.74) is 0.677. The number of aromatic nitrogens is 2. The second-order valence-electron chi connectivity index (χ2n) is 6.76. The molecular formula is C21H25N5O5. The van der Waals surface area contributed by atoms with E-state index in [4.69, 9.17) is 4.84 Å². The number of pyridine rings is 1. The molecule has 2 heterocycles. The fourth-order valence-corrected chi connectivity index (χ4v) is 3.02. The molecule has 0 saturated carbocycles. The Bertz CT molecular complexity index is 1060. The van der Waals surface area contributed by atoms with Crippen LogP contribution in [0.3, 0.4) is 0 Å². The summed E-state index contributed by atoms with van der Waals surface area (Å²) in [6, 6.07) is 9.05. The predicted molar refractivity (Wildman–Crippen MR) is 115 cm³/mol. The highest BCUT2D eigenvalue weighted by atomic mass is 16.7. The summed E-state index contributed by atoms with van der Waals surface area (Å²) in [6.45, 7) is 7.26. The predicted octanol–water partition coefficient (Wildman–Crippen LogP) is 2.18. The number of nitrogens with one attached hydrogen (secondary N) is 2. The lowest BCUT2D eigenvalue weighted by molar-refractivity contribution is 0.0944. The zero-order valence-corrected chi connectivity index (χ0v) is 17.3. The third kappa shape index (κ3) is 5.43. The maximum absolute atomic E-state index is 12.4. The van der Waals surface area contributed by atoms with Crippen molar-refractivity contribution in [2.75, 3.05) is 31.5 Å². The van der Waals surface area contributed by atoms with E-state index in [1.54, 1.807) is 30.5 Å². The highest BCUT2D eigenvalue weighted by Crippen LogP contribution is 2.21. The molecular weight excluding hydrogens is 402 g/mol. The maximum atomic E-state index is 12.4. The van der Waals surface area contributed by atoms with Crippen molar-refractivity contribution in [2.24, 2.45) is 0 Å². The fourth-order valence-electron chi connectivity index (χ4n) is 3.02. The first-order valence-electron chi connectivity index (χ1n) is 9.90. The summed E-state index contributed by atoms with van der Waals surface area (Å²) in [7, 11) is 0. The molecule has 3 aromatic rings. The summed E-state index contributed by atoms with van der Waals surface area (Å²) in [5, 5.41) is 25.9. The van der Waals surface area contributed by atoms with Crippen molar-refractivity contribution in [2.45, 2.75) is 13.8 Å². The lowest BCUT2D eigenvalue weighted by Crippen LogP contribution is -2.35. The maximum Gasteiger partial charge on any atom is 0.436 e. The number of hydrogen-bond acceptors (Lipinski definition) is 7. The molecule has 0 radical (unpaired) electrons. The molecule has 0 saturated heterocycles. The molecule has 0 aliphatic heterocycles. The molecule has 0 aliphatic carbocycles. The number of hydrogen-bond donors (Lipinski definition) is 4. The summed E-state index contributed by atoms with van der Waals surface area (Å²) >= 11 is 0. The summed E-state index contributed by atoms with van der Waals surface area (Å²) in [6.07, 6.45) is 0.677. The van der Waals surface area contributed by atoms with Gasteiger partial charge in [-0.15, -0.1) is 4.73 Å². The number of benzene rings is 1. The van der Waals surface area contributed by atoms with Gasteiger partial charge in [-0.3, -0.25) is 15.1 Å². The minimum Gasteiger partial charge on any atom is -0.492 e. The molecule has 3 rings (SSSR count). The van der Waals surface area contributed by atoms with Gasteiger partial charge in [0, 0.05) is 42.5 Å². The van der Waals surface area contributed by atoms with E-state index in [1.165, 1.54) is 12.1 Å². The van der Waals surface area contributed by atoms with E-state index in [1.807, 2.05) is 0 Å². The number of likely N-dealkylation sites (N-methyl/N-ethyl adjacent to an activating group) is 1. The second-order valence-corrected chi connectivity index (χ2v) is 6.76. The largest absolute Gasteiger partial charge is 0.492 e. The number of amides is 2. The van der Waals surface area contributed by atoms with E-state index in [9.17, 15) is 19.8 Å². The molecule has 2 amide bonds. The van der Waals surface area contributed by atoms with E-state index >= 15 is 0 Å². The molecule has 164 valence electrons. The van der Waals surface area contributed by atoms with Gasteiger partial charge in [-0.2, -0.15) is 0 Å². The lowest BCUT2D eigenvalue weighted by Gasteiger charge is -2.17. The van der Waals surface area contributed by atoms with Crippen molar-refractivity contribution in [1.29, 1.82) is 0 Å². The third-order valence-electron chi connectivity index (χ3n) is 4.78. The van der Waals surface area contributed by atoms with Gasteiger partial charge in [0.05, 0.1) is 0 Å². The minimum atomic E-state index is -0.912.